The van der Waals surface area contributed by atoms with E-state index in [2.05, 4.69) is 4.74 Å². The molecule has 0 amide bonds. The lowest BCUT2D eigenvalue weighted by molar-refractivity contribution is -0.274. The topological polar surface area (TPSA) is 52.3 Å². The van der Waals surface area contributed by atoms with Gasteiger partial charge in [0.25, 0.3) is 0 Å². The molecule has 0 fully saturated rings. The fraction of sp³-hybridized carbons (Fsp3) is 0.125. The van der Waals surface area contributed by atoms with E-state index in [1.165, 1.54) is 0 Å². The molecule has 0 spiro atoms. The van der Waals surface area contributed by atoms with Crippen LogP contribution in [0.15, 0.2) is 12.1 Å². The molecule has 0 aliphatic heterocycles. The minimum Gasteiger partial charge on any atom is -0.403 e. The lowest BCUT2D eigenvalue weighted by Gasteiger charge is -2.11. The van der Waals surface area contributed by atoms with Crippen LogP contribution in [-0.2, 0) is 0 Å². The van der Waals surface area contributed by atoms with Crippen molar-refractivity contribution in [3.05, 3.63) is 23.5 Å². The molecule has 15 heavy (non-hydrogen) atoms. The number of rotatable bonds is 2. The quantitative estimate of drug-likeness (QED) is 0.474. The highest BCUT2D eigenvalue weighted by atomic mass is 19.4. The predicted molar refractivity (Wildman–Crippen MR) is 42.9 cm³/mol. The summed E-state index contributed by atoms with van der Waals surface area (Å²) >= 11 is 0. The smallest absolute Gasteiger partial charge is 0.403 e. The minimum atomic E-state index is -4.98. The Balaban J connectivity index is 3.16. The maximum atomic E-state index is 12.9. The highest BCUT2D eigenvalue weighted by Crippen LogP contribution is 2.30. The molecule has 0 saturated heterocycles. The van der Waals surface area contributed by atoms with Gasteiger partial charge in [0, 0.05) is 5.56 Å². The van der Waals surface area contributed by atoms with Crippen LogP contribution >= 0.6 is 0 Å². The molecule has 0 aliphatic carbocycles. The van der Waals surface area contributed by atoms with Gasteiger partial charge in [-0.3, -0.25) is 4.79 Å². The second kappa shape index (κ2) is 3.76. The van der Waals surface area contributed by atoms with E-state index in [4.69, 9.17) is 5.73 Å². The molecule has 2 N–H and O–H groups in total. The number of carbonyl (C=O) groups is 1. The van der Waals surface area contributed by atoms with Crippen molar-refractivity contribution in [2.75, 3.05) is 5.73 Å². The first-order valence-electron chi connectivity index (χ1n) is 3.63. The molecule has 3 nitrogen and oxygen atoms in total. The average Bonchev–Trinajstić information content (AvgIpc) is 2.10. The van der Waals surface area contributed by atoms with Crippen molar-refractivity contribution in [1.29, 1.82) is 0 Å². The van der Waals surface area contributed by atoms with Crippen LogP contribution in [0.3, 0.4) is 0 Å². The standard InChI is InChI=1S/C8H5F4NO2/c9-5-1-4(3-14)2-6(7(5)13)15-8(10,11)12/h1-3H,13H2. The molecular formula is C8H5F4NO2. The predicted octanol–water partition coefficient (Wildman–Crippen LogP) is 2.12. The lowest BCUT2D eigenvalue weighted by atomic mass is 10.2. The van der Waals surface area contributed by atoms with Crippen LogP contribution in [0.4, 0.5) is 23.2 Å². The summed E-state index contributed by atoms with van der Waals surface area (Å²) in [6, 6.07) is 1.42. The third kappa shape index (κ3) is 2.83. The van der Waals surface area contributed by atoms with Crippen molar-refractivity contribution in [2.24, 2.45) is 0 Å². The Hall–Kier alpha value is -1.79. The van der Waals surface area contributed by atoms with Crippen LogP contribution in [0.2, 0.25) is 0 Å². The Labute approximate surface area is 81.4 Å². The van der Waals surface area contributed by atoms with Gasteiger partial charge in [-0.1, -0.05) is 0 Å². The highest BCUT2D eigenvalue weighted by molar-refractivity contribution is 5.77. The molecule has 0 aromatic heterocycles. The Morgan fingerprint density at radius 3 is 2.40 bits per heavy atom. The second-order valence-electron chi connectivity index (χ2n) is 2.58. The Morgan fingerprint density at radius 1 is 1.33 bits per heavy atom. The summed E-state index contributed by atoms with van der Waals surface area (Å²) in [5.74, 6) is -2.07. The molecule has 0 saturated carbocycles. The van der Waals surface area contributed by atoms with Crippen molar-refractivity contribution in [3.8, 4) is 5.75 Å². The fourth-order valence-corrected chi connectivity index (χ4v) is 0.890. The molecule has 0 bridgehead atoms. The molecule has 7 heteroatoms. The van der Waals surface area contributed by atoms with Gasteiger partial charge in [0.05, 0.1) is 0 Å². The zero-order chi connectivity index (χ0) is 11.6. The molecule has 1 aromatic rings. The molecular weight excluding hydrogens is 218 g/mol. The van der Waals surface area contributed by atoms with Gasteiger partial charge < -0.3 is 10.5 Å². The molecule has 0 atom stereocenters. The normalized spacial score (nSPS) is 11.2. The van der Waals surface area contributed by atoms with Gasteiger partial charge in [-0.25, -0.2) is 4.39 Å². The summed E-state index contributed by atoms with van der Waals surface area (Å²) in [4.78, 5) is 10.2. The molecule has 0 heterocycles. The fourth-order valence-electron chi connectivity index (χ4n) is 0.890. The first kappa shape index (κ1) is 11.3. The third-order valence-corrected chi connectivity index (χ3v) is 1.48. The van der Waals surface area contributed by atoms with Gasteiger partial charge in [-0.15, -0.1) is 13.2 Å². The van der Waals surface area contributed by atoms with Crippen molar-refractivity contribution in [1.82, 2.24) is 0 Å². The van der Waals surface area contributed by atoms with Crippen molar-refractivity contribution in [2.45, 2.75) is 6.36 Å². The van der Waals surface area contributed by atoms with Crippen molar-refractivity contribution < 1.29 is 27.1 Å². The van der Waals surface area contributed by atoms with Gasteiger partial charge >= 0.3 is 6.36 Å². The molecule has 82 valence electrons. The second-order valence-corrected chi connectivity index (χ2v) is 2.58. The number of alkyl halides is 3. The lowest BCUT2D eigenvalue weighted by Crippen LogP contribution is -2.18. The van der Waals surface area contributed by atoms with Crippen LogP contribution in [0, 0.1) is 5.82 Å². The number of anilines is 1. The number of hydrogen-bond acceptors (Lipinski definition) is 3. The van der Waals surface area contributed by atoms with E-state index in [1.54, 1.807) is 0 Å². The van der Waals surface area contributed by atoms with Crippen LogP contribution in [0.5, 0.6) is 5.75 Å². The summed E-state index contributed by atoms with van der Waals surface area (Å²) in [6.07, 6.45) is -4.80. The SMILES string of the molecule is Nc1c(F)cc(C=O)cc1OC(F)(F)F. The van der Waals surface area contributed by atoms with E-state index < -0.39 is 23.6 Å². The summed E-state index contributed by atoms with van der Waals surface area (Å²) in [7, 11) is 0. The van der Waals surface area contributed by atoms with E-state index in [-0.39, 0.29) is 11.8 Å². The van der Waals surface area contributed by atoms with Crippen LogP contribution in [-0.4, -0.2) is 12.6 Å². The molecule has 0 radical (unpaired) electrons. The minimum absolute atomic E-state index is 0.186. The number of hydrogen-bond donors (Lipinski definition) is 1. The maximum absolute atomic E-state index is 12.9. The van der Waals surface area contributed by atoms with E-state index in [0.29, 0.717) is 12.1 Å². The highest BCUT2D eigenvalue weighted by Gasteiger charge is 2.32. The van der Waals surface area contributed by atoms with Crippen molar-refractivity contribution in [3.63, 3.8) is 0 Å². The van der Waals surface area contributed by atoms with Crippen LogP contribution in [0.1, 0.15) is 10.4 Å². The number of carbonyl (C=O) groups excluding carboxylic acids is 1. The van der Waals surface area contributed by atoms with E-state index in [1.807, 2.05) is 0 Å². The van der Waals surface area contributed by atoms with E-state index in [0.717, 1.165) is 0 Å². The van der Waals surface area contributed by atoms with Crippen LogP contribution in [0.25, 0.3) is 0 Å². The number of benzene rings is 1. The Morgan fingerprint density at radius 2 is 1.93 bits per heavy atom. The average molecular weight is 223 g/mol. The number of halogens is 4. The van der Waals surface area contributed by atoms with Gasteiger partial charge in [0.1, 0.15) is 12.0 Å². The monoisotopic (exact) mass is 223 g/mol. The Kier molecular flexibility index (Phi) is 2.83. The first-order chi connectivity index (χ1) is 6.83. The number of aldehydes is 1. The van der Waals surface area contributed by atoms with Gasteiger partial charge in [0.15, 0.2) is 11.6 Å². The number of ether oxygens (including phenoxy) is 1. The largest absolute Gasteiger partial charge is 0.573 e. The zero-order valence-corrected chi connectivity index (χ0v) is 7.14. The number of nitrogens with two attached hydrogens (primary N) is 1. The molecule has 0 aliphatic rings. The maximum Gasteiger partial charge on any atom is 0.573 e. The van der Waals surface area contributed by atoms with Gasteiger partial charge in [0.2, 0.25) is 0 Å². The molecule has 1 aromatic carbocycles. The van der Waals surface area contributed by atoms with Gasteiger partial charge in [-0.2, -0.15) is 0 Å². The molecule has 0 unspecified atom stereocenters. The summed E-state index contributed by atoms with van der Waals surface area (Å²) in [5, 5.41) is 0. The summed E-state index contributed by atoms with van der Waals surface area (Å²) < 4.78 is 51.7. The Bertz CT molecular complexity index is 389. The number of nitrogen functional groups attached to an aromatic ring is 1. The van der Waals surface area contributed by atoms with Crippen LogP contribution < -0.4 is 10.5 Å². The summed E-state index contributed by atoms with van der Waals surface area (Å²) in [5.41, 5.74) is 3.91. The molecule has 1 rings (SSSR count). The first-order valence-corrected chi connectivity index (χ1v) is 3.63. The van der Waals surface area contributed by atoms with Crippen molar-refractivity contribution >= 4 is 12.0 Å². The van der Waals surface area contributed by atoms with Gasteiger partial charge in [-0.05, 0) is 12.1 Å². The zero-order valence-electron chi connectivity index (χ0n) is 7.14. The van der Waals surface area contributed by atoms with E-state index >= 15 is 0 Å². The van der Waals surface area contributed by atoms with E-state index in [9.17, 15) is 22.4 Å². The summed E-state index contributed by atoms with van der Waals surface area (Å²) in [6.45, 7) is 0. The third-order valence-electron chi connectivity index (χ3n) is 1.48.